The summed E-state index contributed by atoms with van der Waals surface area (Å²) in [6.07, 6.45) is 1.84. The van der Waals surface area contributed by atoms with Crippen molar-refractivity contribution in [3.8, 4) is 0 Å². The summed E-state index contributed by atoms with van der Waals surface area (Å²) in [6, 6.07) is 2.20. The normalized spacial score (nSPS) is 18.5. The molecule has 1 fully saturated rings. The van der Waals surface area contributed by atoms with E-state index in [1.54, 1.807) is 16.2 Å². The first-order chi connectivity index (χ1) is 10.5. The Labute approximate surface area is 134 Å². The number of aliphatic carboxylic acids is 1. The standard InChI is InChI=1S/C16H23NO4S/c1-11-8-13(12(2)22-11)4-3-5-15(18)17-6-7-21-14(10-17)9-16(19)20/h8,14H,3-7,9-10H2,1-2H3,(H,19,20). The van der Waals surface area contributed by atoms with Crippen LogP contribution in [0.5, 0.6) is 0 Å². The van der Waals surface area contributed by atoms with Crippen molar-refractivity contribution >= 4 is 23.2 Å². The Morgan fingerprint density at radius 2 is 2.23 bits per heavy atom. The van der Waals surface area contributed by atoms with Gasteiger partial charge in [0.05, 0.1) is 19.1 Å². The van der Waals surface area contributed by atoms with Gasteiger partial charge < -0.3 is 14.7 Å². The van der Waals surface area contributed by atoms with Crippen LogP contribution in [0.2, 0.25) is 0 Å². The lowest BCUT2D eigenvalue weighted by molar-refractivity contribution is -0.147. The fourth-order valence-corrected chi connectivity index (χ4v) is 3.76. The van der Waals surface area contributed by atoms with Gasteiger partial charge in [-0.1, -0.05) is 0 Å². The van der Waals surface area contributed by atoms with Crippen LogP contribution in [0.1, 0.15) is 34.6 Å². The van der Waals surface area contributed by atoms with E-state index >= 15 is 0 Å². The molecule has 1 saturated heterocycles. The number of amides is 1. The predicted octanol–water partition coefficient (Wildman–Crippen LogP) is 2.39. The minimum Gasteiger partial charge on any atom is -0.481 e. The number of ether oxygens (including phenoxy) is 1. The first-order valence-corrected chi connectivity index (χ1v) is 8.44. The van der Waals surface area contributed by atoms with Crippen molar-refractivity contribution in [1.29, 1.82) is 0 Å². The first-order valence-electron chi connectivity index (χ1n) is 7.63. The molecule has 1 amide bonds. The second-order valence-corrected chi connectivity index (χ2v) is 7.18. The molecular weight excluding hydrogens is 302 g/mol. The van der Waals surface area contributed by atoms with Gasteiger partial charge in [-0.3, -0.25) is 9.59 Å². The monoisotopic (exact) mass is 325 g/mol. The molecule has 0 aliphatic carbocycles. The summed E-state index contributed by atoms with van der Waals surface area (Å²) in [4.78, 5) is 27.3. The molecule has 5 nitrogen and oxygen atoms in total. The van der Waals surface area contributed by atoms with Crippen molar-refractivity contribution in [3.05, 3.63) is 21.4 Å². The van der Waals surface area contributed by atoms with Gasteiger partial charge in [0.1, 0.15) is 0 Å². The lowest BCUT2D eigenvalue weighted by Crippen LogP contribution is -2.46. The molecule has 1 N–H and O–H groups in total. The van der Waals surface area contributed by atoms with E-state index in [0.29, 0.717) is 26.1 Å². The number of carbonyl (C=O) groups excluding carboxylic acids is 1. The lowest BCUT2D eigenvalue weighted by Gasteiger charge is -2.32. The zero-order valence-corrected chi connectivity index (χ0v) is 13.9. The zero-order valence-electron chi connectivity index (χ0n) is 13.1. The van der Waals surface area contributed by atoms with Crippen molar-refractivity contribution in [1.82, 2.24) is 4.90 Å². The van der Waals surface area contributed by atoms with Crippen LogP contribution in [0.25, 0.3) is 0 Å². The van der Waals surface area contributed by atoms with Gasteiger partial charge in [-0.05, 0) is 38.3 Å². The van der Waals surface area contributed by atoms with E-state index in [1.807, 2.05) is 0 Å². The average molecular weight is 325 g/mol. The fraction of sp³-hybridized carbons (Fsp3) is 0.625. The third-order valence-electron chi connectivity index (χ3n) is 3.87. The van der Waals surface area contributed by atoms with Gasteiger partial charge in [0.15, 0.2) is 0 Å². The molecule has 2 heterocycles. The maximum absolute atomic E-state index is 12.2. The fourth-order valence-electron chi connectivity index (χ4n) is 2.78. The highest BCUT2D eigenvalue weighted by Crippen LogP contribution is 2.22. The molecule has 1 aliphatic heterocycles. The molecule has 6 heteroatoms. The number of morpholine rings is 1. The summed E-state index contributed by atoms with van der Waals surface area (Å²) in [6.45, 7) is 5.59. The van der Waals surface area contributed by atoms with E-state index in [4.69, 9.17) is 9.84 Å². The number of carboxylic acid groups (broad SMARTS) is 1. The van der Waals surface area contributed by atoms with Gasteiger partial charge in [0, 0.05) is 29.3 Å². The topological polar surface area (TPSA) is 66.8 Å². The predicted molar refractivity (Wildman–Crippen MR) is 85.3 cm³/mol. The average Bonchev–Trinajstić information content (AvgIpc) is 2.76. The van der Waals surface area contributed by atoms with E-state index in [0.717, 1.165) is 12.8 Å². The summed E-state index contributed by atoms with van der Waals surface area (Å²) >= 11 is 1.79. The minimum absolute atomic E-state index is 0.0445. The number of aryl methyl sites for hydroxylation is 3. The number of carbonyl (C=O) groups is 2. The van der Waals surface area contributed by atoms with Gasteiger partial charge in [-0.2, -0.15) is 0 Å². The number of rotatable bonds is 6. The third kappa shape index (κ3) is 4.81. The Balaban J connectivity index is 1.77. The Kier molecular flexibility index (Phi) is 5.97. The summed E-state index contributed by atoms with van der Waals surface area (Å²) in [5.41, 5.74) is 1.33. The highest BCUT2D eigenvalue weighted by Gasteiger charge is 2.25. The zero-order chi connectivity index (χ0) is 16.1. The number of thiophene rings is 1. The van der Waals surface area contributed by atoms with Crippen molar-refractivity contribution in [3.63, 3.8) is 0 Å². The number of carboxylic acids is 1. The molecule has 0 spiro atoms. The van der Waals surface area contributed by atoms with E-state index in [9.17, 15) is 9.59 Å². The lowest BCUT2D eigenvalue weighted by atomic mass is 10.1. The molecule has 1 unspecified atom stereocenters. The molecule has 1 atom stereocenters. The largest absolute Gasteiger partial charge is 0.481 e. The van der Waals surface area contributed by atoms with Crippen molar-refractivity contribution in [2.75, 3.05) is 19.7 Å². The third-order valence-corrected chi connectivity index (χ3v) is 4.88. The van der Waals surface area contributed by atoms with E-state index in [2.05, 4.69) is 19.9 Å². The van der Waals surface area contributed by atoms with Crippen LogP contribution >= 0.6 is 11.3 Å². The number of nitrogens with zero attached hydrogens (tertiary/aromatic N) is 1. The summed E-state index contributed by atoms with van der Waals surface area (Å²) < 4.78 is 5.39. The maximum Gasteiger partial charge on any atom is 0.306 e. The Hall–Kier alpha value is -1.40. The van der Waals surface area contributed by atoms with E-state index in [1.165, 1.54) is 15.3 Å². The van der Waals surface area contributed by atoms with Crippen LogP contribution in [-0.2, 0) is 20.7 Å². The molecule has 22 heavy (non-hydrogen) atoms. The van der Waals surface area contributed by atoms with Gasteiger partial charge in [0.2, 0.25) is 5.91 Å². The summed E-state index contributed by atoms with van der Waals surface area (Å²) in [7, 11) is 0. The maximum atomic E-state index is 12.2. The van der Waals surface area contributed by atoms with Crippen molar-refractivity contribution in [2.24, 2.45) is 0 Å². The van der Waals surface area contributed by atoms with Crippen molar-refractivity contribution < 1.29 is 19.4 Å². The first kappa shape index (κ1) is 17.0. The van der Waals surface area contributed by atoms with Gasteiger partial charge in [-0.25, -0.2) is 0 Å². The van der Waals surface area contributed by atoms with Crippen LogP contribution in [0.15, 0.2) is 6.07 Å². The molecule has 0 aromatic carbocycles. The molecule has 2 rings (SSSR count). The molecule has 0 radical (unpaired) electrons. The second-order valence-electron chi connectivity index (χ2n) is 5.72. The molecule has 0 bridgehead atoms. The highest BCUT2D eigenvalue weighted by molar-refractivity contribution is 7.12. The summed E-state index contributed by atoms with van der Waals surface area (Å²) in [5.74, 6) is -0.786. The molecule has 122 valence electrons. The molecule has 1 aromatic heterocycles. The molecule has 0 saturated carbocycles. The van der Waals surface area contributed by atoms with Gasteiger partial charge in [-0.15, -0.1) is 11.3 Å². The van der Waals surface area contributed by atoms with Gasteiger partial charge in [0.25, 0.3) is 0 Å². The SMILES string of the molecule is Cc1cc(CCCC(=O)N2CCOC(CC(=O)O)C2)c(C)s1. The van der Waals surface area contributed by atoms with Crippen LogP contribution < -0.4 is 0 Å². The summed E-state index contributed by atoms with van der Waals surface area (Å²) in [5, 5.41) is 8.80. The molecular formula is C16H23NO4S. The van der Waals surface area contributed by atoms with Crippen LogP contribution in [0.4, 0.5) is 0 Å². The smallest absolute Gasteiger partial charge is 0.306 e. The van der Waals surface area contributed by atoms with E-state index < -0.39 is 5.97 Å². The Morgan fingerprint density at radius 3 is 2.86 bits per heavy atom. The Morgan fingerprint density at radius 1 is 1.45 bits per heavy atom. The van der Waals surface area contributed by atoms with E-state index in [-0.39, 0.29) is 18.4 Å². The highest BCUT2D eigenvalue weighted by atomic mass is 32.1. The molecule has 1 aromatic rings. The number of hydrogen-bond acceptors (Lipinski definition) is 4. The van der Waals surface area contributed by atoms with Crippen molar-refractivity contribution in [2.45, 2.75) is 45.6 Å². The van der Waals surface area contributed by atoms with Gasteiger partial charge >= 0.3 is 5.97 Å². The Bertz CT molecular complexity index is 540. The van der Waals surface area contributed by atoms with Crippen LogP contribution in [0, 0.1) is 13.8 Å². The minimum atomic E-state index is -0.886. The van der Waals surface area contributed by atoms with Crippen LogP contribution in [-0.4, -0.2) is 47.7 Å². The second kappa shape index (κ2) is 7.74. The molecule has 1 aliphatic rings. The van der Waals surface area contributed by atoms with Crippen LogP contribution in [0.3, 0.4) is 0 Å². The quantitative estimate of drug-likeness (QED) is 0.872. The number of hydrogen-bond donors (Lipinski definition) is 1.